The molecular weight excluding hydrogens is 344 g/mol. The molecule has 5 nitrogen and oxygen atoms in total. The number of thiazole rings is 1. The van der Waals surface area contributed by atoms with Crippen LogP contribution < -0.4 is 0 Å². The Morgan fingerprint density at radius 1 is 0.846 bits per heavy atom. The van der Waals surface area contributed by atoms with Crippen molar-refractivity contribution in [2.45, 2.75) is 19.6 Å². The highest BCUT2D eigenvalue weighted by atomic mass is 32.1. The van der Waals surface area contributed by atoms with E-state index in [1.54, 1.807) is 17.4 Å². The van der Waals surface area contributed by atoms with Crippen molar-refractivity contribution >= 4 is 22.2 Å². The number of benzene rings is 1. The molecule has 1 aromatic carbocycles. The van der Waals surface area contributed by atoms with Gasteiger partial charge in [-0.15, -0.1) is 11.3 Å². The number of rotatable bonds is 6. The maximum atomic E-state index is 10.1. The number of para-hydroxylation sites is 1. The van der Waals surface area contributed by atoms with Gasteiger partial charge in [0.05, 0.1) is 17.9 Å². The molecule has 0 fully saturated rings. The molecule has 0 saturated carbocycles. The van der Waals surface area contributed by atoms with E-state index in [4.69, 9.17) is 0 Å². The normalized spacial score (nSPS) is 11.3. The highest BCUT2D eigenvalue weighted by Gasteiger charge is 2.12. The van der Waals surface area contributed by atoms with E-state index in [1.807, 2.05) is 60.2 Å². The van der Waals surface area contributed by atoms with Crippen molar-refractivity contribution in [3.8, 4) is 5.75 Å². The Bertz CT molecular complexity index is 989. The maximum absolute atomic E-state index is 10.1. The minimum Gasteiger partial charge on any atom is -0.506 e. The number of phenols is 1. The van der Waals surface area contributed by atoms with Crippen molar-refractivity contribution in [1.82, 2.24) is 19.9 Å². The number of hydrogen-bond acceptors (Lipinski definition) is 6. The van der Waals surface area contributed by atoms with Crippen LogP contribution in [0.15, 0.2) is 66.3 Å². The van der Waals surface area contributed by atoms with Crippen LogP contribution in [0.4, 0.5) is 0 Å². The van der Waals surface area contributed by atoms with Crippen LogP contribution in [-0.4, -0.2) is 25.0 Å². The predicted molar refractivity (Wildman–Crippen MR) is 103 cm³/mol. The summed E-state index contributed by atoms with van der Waals surface area (Å²) in [5, 5.41) is 14.1. The number of nitrogens with zero attached hydrogens (tertiary/aromatic N) is 4. The number of pyridine rings is 2. The van der Waals surface area contributed by atoms with Crippen LogP contribution in [-0.2, 0) is 19.6 Å². The molecule has 0 spiro atoms. The first-order valence-electron chi connectivity index (χ1n) is 8.36. The quantitative estimate of drug-likeness (QED) is 0.562. The van der Waals surface area contributed by atoms with Crippen LogP contribution in [0.2, 0.25) is 0 Å². The molecular formula is C20H18N4OS. The van der Waals surface area contributed by atoms with Gasteiger partial charge in [0, 0.05) is 36.2 Å². The van der Waals surface area contributed by atoms with E-state index in [0.717, 1.165) is 28.3 Å². The topological polar surface area (TPSA) is 62.1 Å². The van der Waals surface area contributed by atoms with Crippen molar-refractivity contribution in [3.63, 3.8) is 0 Å². The molecule has 0 aliphatic heterocycles. The Kier molecular flexibility index (Phi) is 4.86. The van der Waals surface area contributed by atoms with Gasteiger partial charge in [0.15, 0.2) is 0 Å². The highest BCUT2D eigenvalue weighted by molar-refractivity contribution is 7.09. The minimum atomic E-state index is 0.209. The van der Waals surface area contributed by atoms with Gasteiger partial charge in [-0.2, -0.15) is 0 Å². The standard InChI is InChI=1S/C20H18N4OS/c25-18-6-3-4-15-7-8-17(23-20(15)18)13-24(14-19-22-10-11-26-19)12-16-5-1-2-9-21-16/h1-11,25H,12-14H2. The monoisotopic (exact) mass is 362 g/mol. The molecule has 130 valence electrons. The van der Waals surface area contributed by atoms with E-state index in [1.165, 1.54) is 0 Å². The van der Waals surface area contributed by atoms with Crippen LogP contribution in [0, 0.1) is 0 Å². The van der Waals surface area contributed by atoms with Crippen molar-refractivity contribution in [2.75, 3.05) is 0 Å². The molecule has 3 aromatic heterocycles. The summed E-state index contributed by atoms with van der Waals surface area (Å²) < 4.78 is 0. The average Bonchev–Trinajstić information content (AvgIpc) is 3.16. The molecule has 3 heterocycles. The van der Waals surface area contributed by atoms with Gasteiger partial charge in [0.25, 0.3) is 0 Å². The van der Waals surface area contributed by atoms with Gasteiger partial charge in [0.1, 0.15) is 16.3 Å². The molecule has 6 heteroatoms. The average molecular weight is 362 g/mol. The number of aromatic nitrogens is 3. The fourth-order valence-electron chi connectivity index (χ4n) is 2.90. The summed E-state index contributed by atoms with van der Waals surface area (Å²) in [5.74, 6) is 0.209. The molecule has 4 aromatic rings. The second-order valence-corrected chi connectivity index (χ2v) is 7.02. The first-order valence-corrected chi connectivity index (χ1v) is 9.24. The summed E-state index contributed by atoms with van der Waals surface area (Å²) in [5.41, 5.74) is 2.55. The van der Waals surface area contributed by atoms with E-state index in [0.29, 0.717) is 18.6 Å². The van der Waals surface area contributed by atoms with Crippen LogP contribution in [0.5, 0.6) is 5.75 Å². The summed E-state index contributed by atoms with van der Waals surface area (Å²) in [6.45, 7) is 2.09. The molecule has 0 saturated heterocycles. The van der Waals surface area contributed by atoms with E-state index in [9.17, 15) is 5.11 Å². The number of phenolic OH excluding ortho intramolecular Hbond substituents is 1. The number of hydrogen-bond donors (Lipinski definition) is 1. The van der Waals surface area contributed by atoms with Gasteiger partial charge in [-0.3, -0.25) is 9.88 Å². The summed E-state index contributed by atoms with van der Waals surface area (Å²) in [6.07, 6.45) is 3.63. The van der Waals surface area contributed by atoms with Crippen LogP contribution in [0.3, 0.4) is 0 Å². The summed E-state index contributed by atoms with van der Waals surface area (Å²) in [4.78, 5) is 15.7. The second-order valence-electron chi connectivity index (χ2n) is 6.04. The second kappa shape index (κ2) is 7.59. The third kappa shape index (κ3) is 3.87. The molecule has 0 amide bonds. The molecule has 1 N–H and O–H groups in total. The van der Waals surface area contributed by atoms with Crippen molar-refractivity contribution < 1.29 is 5.11 Å². The first kappa shape index (κ1) is 16.6. The molecule has 0 bridgehead atoms. The van der Waals surface area contributed by atoms with Crippen molar-refractivity contribution in [1.29, 1.82) is 0 Å². The summed E-state index contributed by atoms with van der Waals surface area (Å²) >= 11 is 1.64. The first-order chi connectivity index (χ1) is 12.8. The lowest BCUT2D eigenvalue weighted by Crippen LogP contribution is -2.23. The minimum absolute atomic E-state index is 0.209. The zero-order chi connectivity index (χ0) is 17.8. The van der Waals surface area contributed by atoms with E-state index >= 15 is 0 Å². The summed E-state index contributed by atoms with van der Waals surface area (Å²) in [6, 6.07) is 15.4. The number of fused-ring (bicyclic) bond motifs is 1. The van der Waals surface area contributed by atoms with Crippen LogP contribution in [0.25, 0.3) is 10.9 Å². The molecule has 0 unspecified atom stereocenters. The smallest absolute Gasteiger partial charge is 0.141 e. The molecule has 4 rings (SSSR count). The van der Waals surface area contributed by atoms with Gasteiger partial charge in [-0.1, -0.05) is 24.3 Å². The lowest BCUT2D eigenvalue weighted by atomic mass is 10.2. The molecule has 0 atom stereocenters. The predicted octanol–water partition coefficient (Wildman–Crippen LogP) is 3.99. The lowest BCUT2D eigenvalue weighted by molar-refractivity contribution is 0.241. The zero-order valence-electron chi connectivity index (χ0n) is 14.1. The SMILES string of the molecule is Oc1cccc2ccc(CN(Cc3ccccn3)Cc3nccs3)nc12. The van der Waals surface area contributed by atoms with Gasteiger partial charge >= 0.3 is 0 Å². The number of aromatic hydroxyl groups is 1. The Balaban J connectivity index is 1.60. The highest BCUT2D eigenvalue weighted by Crippen LogP contribution is 2.23. The zero-order valence-corrected chi connectivity index (χ0v) is 14.9. The third-order valence-corrected chi connectivity index (χ3v) is 4.86. The lowest BCUT2D eigenvalue weighted by Gasteiger charge is -2.20. The molecule has 0 aliphatic rings. The molecule has 26 heavy (non-hydrogen) atoms. The Labute approximate surface area is 155 Å². The fourth-order valence-corrected chi connectivity index (χ4v) is 3.56. The van der Waals surface area contributed by atoms with Gasteiger partial charge < -0.3 is 5.11 Å². The van der Waals surface area contributed by atoms with Gasteiger partial charge in [-0.25, -0.2) is 9.97 Å². The Morgan fingerprint density at radius 2 is 1.77 bits per heavy atom. The van der Waals surface area contributed by atoms with Crippen molar-refractivity contribution in [3.05, 3.63) is 82.7 Å². The van der Waals surface area contributed by atoms with Crippen LogP contribution in [0.1, 0.15) is 16.4 Å². The largest absolute Gasteiger partial charge is 0.506 e. The summed E-state index contributed by atoms with van der Waals surface area (Å²) in [7, 11) is 0. The van der Waals surface area contributed by atoms with E-state index in [2.05, 4.69) is 19.9 Å². The van der Waals surface area contributed by atoms with Crippen LogP contribution >= 0.6 is 11.3 Å². The van der Waals surface area contributed by atoms with E-state index in [-0.39, 0.29) is 5.75 Å². The van der Waals surface area contributed by atoms with E-state index < -0.39 is 0 Å². The fraction of sp³-hybridized carbons (Fsp3) is 0.150. The molecule has 0 aliphatic carbocycles. The Hall–Kier alpha value is -2.83. The Morgan fingerprint density at radius 3 is 2.58 bits per heavy atom. The molecule has 0 radical (unpaired) electrons. The maximum Gasteiger partial charge on any atom is 0.141 e. The third-order valence-electron chi connectivity index (χ3n) is 4.10. The van der Waals surface area contributed by atoms with Crippen molar-refractivity contribution in [2.24, 2.45) is 0 Å². The van der Waals surface area contributed by atoms with Gasteiger partial charge in [0.2, 0.25) is 0 Å². The van der Waals surface area contributed by atoms with Gasteiger partial charge in [-0.05, 0) is 24.3 Å².